The third-order valence-corrected chi connectivity index (χ3v) is 2.38. The van der Waals surface area contributed by atoms with Crippen LogP contribution in [0.1, 0.15) is 29.8 Å². The molecule has 3 heteroatoms. The van der Waals surface area contributed by atoms with E-state index in [1.54, 1.807) is 12.1 Å². The number of likely N-dealkylation sites (tertiary alicyclic amines) is 1. The van der Waals surface area contributed by atoms with E-state index in [0.717, 1.165) is 25.9 Å². The zero-order valence-corrected chi connectivity index (χ0v) is 7.53. The maximum absolute atomic E-state index is 11.7. The molecule has 3 nitrogen and oxygen atoms in total. The first kappa shape index (κ1) is 8.35. The maximum Gasteiger partial charge on any atom is 0.289 e. The third-order valence-electron chi connectivity index (χ3n) is 2.38. The minimum atomic E-state index is 0.0321. The van der Waals surface area contributed by atoms with Crippen LogP contribution in [-0.4, -0.2) is 23.9 Å². The summed E-state index contributed by atoms with van der Waals surface area (Å²) in [4.78, 5) is 13.6. The van der Waals surface area contributed by atoms with Crippen molar-refractivity contribution in [1.29, 1.82) is 0 Å². The Labute approximate surface area is 77.3 Å². The van der Waals surface area contributed by atoms with Crippen LogP contribution in [0.2, 0.25) is 0 Å². The Hall–Kier alpha value is -1.25. The Bertz CT molecular complexity index is 273. The van der Waals surface area contributed by atoms with Gasteiger partial charge in [0, 0.05) is 13.1 Å². The van der Waals surface area contributed by atoms with Gasteiger partial charge in [0.15, 0.2) is 5.76 Å². The Morgan fingerprint density at radius 2 is 2.08 bits per heavy atom. The molecule has 70 valence electrons. The second kappa shape index (κ2) is 3.64. The number of piperidine rings is 1. The first-order valence-corrected chi connectivity index (χ1v) is 4.71. The number of amides is 1. The van der Waals surface area contributed by atoms with Gasteiger partial charge in [-0.05, 0) is 31.4 Å². The molecule has 0 atom stereocenters. The Balaban J connectivity index is 2.04. The summed E-state index contributed by atoms with van der Waals surface area (Å²) < 4.78 is 5.06. The Morgan fingerprint density at radius 3 is 2.69 bits per heavy atom. The van der Waals surface area contributed by atoms with Gasteiger partial charge >= 0.3 is 0 Å². The molecule has 0 bridgehead atoms. The van der Waals surface area contributed by atoms with Gasteiger partial charge in [0.1, 0.15) is 0 Å². The van der Waals surface area contributed by atoms with Crippen LogP contribution < -0.4 is 0 Å². The molecule has 1 aromatic rings. The number of nitrogens with zero attached hydrogens (tertiary/aromatic N) is 1. The second-order valence-electron chi connectivity index (χ2n) is 3.33. The molecule has 0 unspecified atom stereocenters. The summed E-state index contributed by atoms with van der Waals surface area (Å²) in [5, 5.41) is 0. The molecule has 0 aromatic carbocycles. The van der Waals surface area contributed by atoms with Gasteiger partial charge in [0.25, 0.3) is 5.91 Å². The molecule has 0 saturated carbocycles. The van der Waals surface area contributed by atoms with Crippen molar-refractivity contribution in [3.05, 3.63) is 24.2 Å². The summed E-state index contributed by atoms with van der Waals surface area (Å²) >= 11 is 0. The molecule has 1 amide bonds. The van der Waals surface area contributed by atoms with Gasteiger partial charge in [-0.3, -0.25) is 4.79 Å². The Kier molecular flexibility index (Phi) is 2.34. The summed E-state index contributed by atoms with van der Waals surface area (Å²) in [6.45, 7) is 1.75. The zero-order chi connectivity index (χ0) is 9.10. The van der Waals surface area contributed by atoms with Crippen molar-refractivity contribution in [3.63, 3.8) is 0 Å². The average molecular weight is 179 g/mol. The molecule has 1 aliphatic heterocycles. The van der Waals surface area contributed by atoms with E-state index in [-0.39, 0.29) is 5.91 Å². The van der Waals surface area contributed by atoms with Crippen LogP contribution in [0.25, 0.3) is 0 Å². The summed E-state index contributed by atoms with van der Waals surface area (Å²) in [7, 11) is 0. The fourth-order valence-electron chi connectivity index (χ4n) is 1.65. The van der Waals surface area contributed by atoms with Gasteiger partial charge in [-0.2, -0.15) is 0 Å². The average Bonchev–Trinajstić information content (AvgIpc) is 2.71. The number of hydrogen-bond acceptors (Lipinski definition) is 2. The molecule has 2 heterocycles. The minimum Gasteiger partial charge on any atom is -0.459 e. The van der Waals surface area contributed by atoms with Gasteiger partial charge in [-0.25, -0.2) is 0 Å². The van der Waals surface area contributed by atoms with E-state index in [0.29, 0.717) is 5.76 Å². The van der Waals surface area contributed by atoms with Crippen molar-refractivity contribution in [2.24, 2.45) is 0 Å². The first-order chi connectivity index (χ1) is 6.38. The molecule has 1 fully saturated rings. The van der Waals surface area contributed by atoms with Crippen LogP contribution in [0.15, 0.2) is 22.8 Å². The summed E-state index contributed by atoms with van der Waals surface area (Å²) in [6, 6.07) is 3.47. The number of carbonyl (C=O) groups excluding carboxylic acids is 1. The molecule has 1 saturated heterocycles. The van der Waals surface area contributed by atoms with Crippen molar-refractivity contribution in [3.8, 4) is 0 Å². The van der Waals surface area contributed by atoms with Crippen LogP contribution in [0.5, 0.6) is 0 Å². The van der Waals surface area contributed by atoms with E-state index in [1.807, 2.05) is 4.90 Å². The molecule has 1 aromatic heterocycles. The molecule has 1 aliphatic rings. The third kappa shape index (κ3) is 1.74. The predicted molar refractivity (Wildman–Crippen MR) is 48.5 cm³/mol. The van der Waals surface area contributed by atoms with Crippen molar-refractivity contribution in [2.45, 2.75) is 19.3 Å². The zero-order valence-electron chi connectivity index (χ0n) is 7.53. The molecule has 13 heavy (non-hydrogen) atoms. The molecule has 0 spiro atoms. The van der Waals surface area contributed by atoms with Crippen LogP contribution >= 0.6 is 0 Å². The van der Waals surface area contributed by atoms with Gasteiger partial charge in [0.2, 0.25) is 0 Å². The van der Waals surface area contributed by atoms with E-state index < -0.39 is 0 Å². The Morgan fingerprint density at radius 1 is 1.31 bits per heavy atom. The normalized spacial score (nSPS) is 17.4. The molecule has 0 radical (unpaired) electrons. The van der Waals surface area contributed by atoms with Gasteiger partial charge < -0.3 is 9.32 Å². The topological polar surface area (TPSA) is 33.5 Å². The van der Waals surface area contributed by atoms with Gasteiger partial charge in [-0.15, -0.1) is 0 Å². The van der Waals surface area contributed by atoms with Gasteiger partial charge in [0.05, 0.1) is 6.26 Å². The largest absolute Gasteiger partial charge is 0.459 e. The van der Waals surface area contributed by atoms with Crippen molar-refractivity contribution < 1.29 is 9.21 Å². The summed E-state index contributed by atoms with van der Waals surface area (Å²) in [5.74, 6) is 0.492. The van der Waals surface area contributed by atoms with Gasteiger partial charge in [-0.1, -0.05) is 0 Å². The summed E-state index contributed by atoms with van der Waals surface area (Å²) in [5.41, 5.74) is 0. The molecule has 2 rings (SSSR count). The van der Waals surface area contributed by atoms with E-state index in [9.17, 15) is 4.79 Å². The van der Waals surface area contributed by atoms with Crippen molar-refractivity contribution in [1.82, 2.24) is 4.90 Å². The highest BCUT2D eigenvalue weighted by Gasteiger charge is 2.19. The van der Waals surface area contributed by atoms with E-state index in [1.165, 1.54) is 12.7 Å². The number of rotatable bonds is 1. The monoisotopic (exact) mass is 179 g/mol. The number of furan rings is 1. The first-order valence-electron chi connectivity index (χ1n) is 4.71. The lowest BCUT2D eigenvalue weighted by molar-refractivity contribution is 0.0692. The van der Waals surface area contributed by atoms with Crippen LogP contribution in [0, 0.1) is 0 Å². The SMILES string of the molecule is O=C(c1ccco1)N1CCCCC1. The lowest BCUT2D eigenvalue weighted by Gasteiger charge is -2.25. The molecular formula is C10H13NO2. The quantitative estimate of drug-likeness (QED) is 0.659. The molecular weight excluding hydrogens is 166 g/mol. The number of carbonyl (C=O) groups is 1. The van der Waals surface area contributed by atoms with E-state index in [4.69, 9.17) is 4.42 Å². The highest BCUT2D eigenvalue weighted by atomic mass is 16.3. The van der Waals surface area contributed by atoms with E-state index >= 15 is 0 Å². The lowest BCUT2D eigenvalue weighted by Crippen LogP contribution is -2.35. The van der Waals surface area contributed by atoms with Crippen LogP contribution in [0.3, 0.4) is 0 Å². The van der Waals surface area contributed by atoms with Crippen LogP contribution in [-0.2, 0) is 0 Å². The van der Waals surface area contributed by atoms with Crippen molar-refractivity contribution in [2.75, 3.05) is 13.1 Å². The maximum atomic E-state index is 11.7. The highest BCUT2D eigenvalue weighted by Crippen LogP contribution is 2.12. The van der Waals surface area contributed by atoms with Crippen LogP contribution in [0.4, 0.5) is 0 Å². The minimum absolute atomic E-state index is 0.0321. The van der Waals surface area contributed by atoms with Crippen molar-refractivity contribution >= 4 is 5.91 Å². The molecule has 0 aliphatic carbocycles. The second-order valence-corrected chi connectivity index (χ2v) is 3.33. The predicted octanol–water partition coefficient (Wildman–Crippen LogP) is 1.91. The fourth-order valence-corrected chi connectivity index (χ4v) is 1.65. The standard InChI is InChI=1S/C10H13NO2/c12-10(9-5-4-8-13-9)11-6-2-1-3-7-11/h4-5,8H,1-3,6-7H2. The smallest absolute Gasteiger partial charge is 0.289 e. The molecule has 0 N–H and O–H groups in total. The summed E-state index contributed by atoms with van der Waals surface area (Å²) in [6.07, 6.45) is 5.01. The lowest BCUT2D eigenvalue weighted by atomic mass is 10.1. The highest BCUT2D eigenvalue weighted by molar-refractivity contribution is 5.91. The fraction of sp³-hybridized carbons (Fsp3) is 0.500. The van der Waals surface area contributed by atoms with E-state index in [2.05, 4.69) is 0 Å². The number of hydrogen-bond donors (Lipinski definition) is 0.